The van der Waals surface area contributed by atoms with Crippen molar-refractivity contribution >= 4 is 38.8 Å². The largest absolute Gasteiger partial charge is 0.397 e. The molecule has 1 amide bonds. The Hall–Kier alpha value is -1.86. The van der Waals surface area contributed by atoms with Gasteiger partial charge in [0.1, 0.15) is 9.71 Å². The second kappa shape index (κ2) is 5.16. The normalized spacial score (nSPS) is 22.7. The van der Waals surface area contributed by atoms with Crippen molar-refractivity contribution in [1.82, 2.24) is 4.98 Å². The number of hydrogen-bond donors (Lipinski definition) is 2. The molecule has 0 bridgehead atoms. The Labute approximate surface area is 126 Å². The van der Waals surface area contributed by atoms with Gasteiger partial charge in [-0.2, -0.15) is 0 Å². The lowest BCUT2D eigenvalue weighted by atomic mass is 10.1. The summed E-state index contributed by atoms with van der Waals surface area (Å²) in [5.41, 5.74) is 12.9. The Morgan fingerprint density at radius 2 is 2.10 bits per heavy atom. The fourth-order valence-electron chi connectivity index (χ4n) is 2.85. The molecule has 0 unspecified atom stereocenters. The first kappa shape index (κ1) is 14.1. The summed E-state index contributed by atoms with van der Waals surface area (Å²) in [6, 6.07) is 1.93. The first-order chi connectivity index (χ1) is 9.97. The third-order valence-corrected chi connectivity index (χ3v) is 4.72. The summed E-state index contributed by atoms with van der Waals surface area (Å²) < 4.78 is 5.76. The number of hydrogen-bond acceptors (Lipinski definition) is 6. The summed E-state index contributed by atoms with van der Waals surface area (Å²) in [7, 11) is 0. The molecule has 2 aromatic rings. The molecule has 3 heterocycles. The number of primary amides is 1. The van der Waals surface area contributed by atoms with Crippen LogP contribution in [0.15, 0.2) is 12.3 Å². The van der Waals surface area contributed by atoms with E-state index in [1.54, 1.807) is 6.20 Å². The van der Waals surface area contributed by atoms with Crippen LogP contribution in [0.4, 0.5) is 11.4 Å². The molecule has 112 valence electrons. The van der Waals surface area contributed by atoms with Crippen LogP contribution in [0.2, 0.25) is 0 Å². The molecule has 0 spiro atoms. The predicted molar refractivity (Wildman–Crippen MR) is 84.8 cm³/mol. The van der Waals surface area contributed by atoms with Gasteiger partial charge in [-0.05, 0) is 19.9 Å². The molecule has 4 N–H and O–H groups in total. The molecular formula is C14H18N4O2S. The van der Waals surface area contributed by atoms with Crippen LogP contribution in [-0.2, 0) is 4.74 Å². The first-order valence-electron chi connectivity index (χ1n) is 6.84. The number of rotatable bonds is 2. The summed E-state index contributed by atoms with van der Waals surface area (Å²) in [5.74, 6) is -0.509. The number of fused-ring (bicyclic) bond motifs is 1. The van der Waals surface area contributed by atoms with Crippen molar-refractivity contribution in [3.63, 3.8) is 0 Å². The van der Waals surface area contributed by atoms with E-state index >= 15 is 0 Å². The number of pyridine rings is 1. The Bertz CT molecular complexity index is 690. The van der Waals surface area contributed by atoms with Crippen LogP contribution in [0.25, 0.3) is 10.2 Å². The fourth-order valence-corrected chi connectivity index (χ4v) is 3.79. The van der Waals surface area contributed by atoms with Crippen LogP contribution in [-0.4, -0.2) is 36.2 Å². The lowest BCUT2D eigenvalue weighted by molar-refractivity contribution is -0.00513. The van der Waals surface area contributed by atoms with Crippen molar-refractivity contribution in [2.75, 3.05) is 23.7 Å². The van der Waals surface area contributed by atoms with E-state index in [2.05, 4.69) is 9.88 Å². The van der Waals surface area contributed by atoms with Crippen LogP contribution < -0.4 is 16.4 Å². The zero-order chi connectivity index (χ0) is 15.1. The summed E-state index contributed by atoms with van der Waals surface area (Å²) in [5, 5.41) is 0.817. The van der Waals surface area contributed by atoms with Gasteiger partial charge in [0.05, 0.1) is 29.0 Å². The van der Waals surface area contributed by atoms with Crippen LogP contribution in [0.5, 0.6) is 0 Å². The molecular weight excluding hydrogens is 288 g/mol. The SMILES string of the molecule is C[C@@H]1CN(c2ccnc3sc(C(N)=O)c(N)c23)C[C@H](C)O1. The van der Waals surface area contributed by atoms with Gasteiger partial charge in [-0.15, -0.1) is 11.3 Å². The summed E-state index contributed by atoms with van der Waals surface area (Å²) in [6.07, 6.45) is 2.03. The molecule has 3 rings (SSSR count). The minimum atomic E-state index is -0.509. The molecule has 6 nitrogen and oxygen atoms in total. The van der Waals surface area contributed by atoms with Crippen LogP contribution in [0.1, 0.15) is 23.5 Å². The van der Waals surface area contributed by atoms with Crippen molar-refractivity contribution in [3.8, 4) is 0 Å². The molecule has 21 heavy (non-hydrogen) atoms. The minimum absolute atomic E-state index is 0.146. The second-order valence-electron chi connectivity index (χ2n) is 5.38. The number of nitrogens with two attached hydrogens (primary N) is 2. The summed E-state index contributed by atoms with van der Waals surface area (Å²) in [6.45, 7) is 5.66. The van der Waals surface area contributed by atoms with Gasteiger partial charge in [0.25, 0.3) is 5.91 Å². The van der Waals surface area contributed by atoms with E-state index in [0.717, 1.165) is 29.0 Å². The maximum atomic E-state index is 11.5. The number of anilines is 2. The number of ether oxygens (including phenoxy) is 1. The average molecular weight is 306 g/mol. The topological polar surface area (TPSA) is 94.5 Å². The molecule has 1 aliphatic rings. The zero-order valence-corrected chi connectivity index (χ0v) is 12.8. The van der Waals surface area contributed by atoms with E-state index in [0.29, 0.717) is 10.6 Å². The van der Waals surface area contributed by atoms with Crippen molar-refractivity contribution < 1.29 is 9.53 Å². The number of morpholine rings is 1. The monoisotopic (exact) mass is 306 g/mol. The fraction of sp³-hybridized carbons (Fsp3) is 0.429. The lowest BCUT2D eigenvalue weighted by Crippen LogP contribution is -2.45. The quantitative estimate of drug-likeness (QED) is 0.878. The van der Waals surface area contributed by atoms with Crippen molar-refractivity contribution in [3.05, 3.63) is 17.1 Å². The molecule has 1 fully saturated rings. The van der Waals surface area contributed by atoms with Gasteiger partial charge in [0, 0.05) is 19.3 Å². The first-order valence-corrected chi connectivity index (χ1v) is 7.66. The highest BCUT2D eigenvalue weighted by atomic mass is 32.1. The Morgan fingerprint density at radius 1 is 1.43 bits per heavy atom. The molecule has 1 aliphatic heterocycles. The highest BCUT2D eigenvalue weighted by Crippen LogP contribution is 2.39. The van der Waals surface area contributed by atoms with E-state index in [1.807, 2.05) is 19.9 Å². The predicted octanol–water partition coefficient (Wildman–Crippen LogP) is 1.59. The number of aromatic nitrogens is 1. The Kier molecular flexibility index (Phi) is 3.46. The molecule has 1 saturated heterocycles. The number of amides is 1. The van der Waals surface area contributed by atoms with Crippen molar-refractivity contribution in [2.45, 2.75) is 26.1 Å². The van der Waals surface area contributed by atoms with E-state index in [9.17, 15) is 4.79 Å². The average Bonchev–Trinajstić information content (AvgIpc) is 2.75. The van der Waals surface area contributed by atoms with E-state index < -0.39 is 5.91 Å². The van der Waals surface area contributed by atoms with Gasteiger partial charge >= 0.3 is 0 Å². The van der Waals surface area contributed by atoms with Crippen molar-refractivity contribution in [1.29, 1.82) is 0 Å². The molecule has 0 saturated carbocycles. The Balaban J connectivity index is 2.12. The van der Waals surface area contributed by atoms with Crippen LogP contribution in [0.3, 0.4) is 0 Å². The lowest BCUT2D eigenvalue weighted by Gasteiger charge is -2.37. The Morgan fingerprint density at radius 3 is 2.71 bits per heavy atom. The van der Waals surface area contributed by atoms with E-state index in [1.165, 1.54) is 11.3 Å². The van der Waals surface area contributed by atoms with Gasteiger partial charge in [0.15, 0.2) is 0 Å². The number of nitrogens with zero attached hydrogens (tertiary/aromatic N) is 2. The van der Waals surface area contributed by atoms with Gasteiger partial charge in [-0.3, -0.25) is 4.79 Å². The maximum Gasteiger partial charge on any atom is 0.260 e. The molecule has 0 aliphatic carbocycles. The second-order valence-corrected chi connectivity index (χ2v) is 6.38. The minimum Gasteiger partial charge on any atom is -0.397 e. The number of thiophene rings is 1. The van der Waals surface area contributed by atoms with Gasteiger partial charge in [-0.1, -0.05) is 0 Å². The standard InChI is InChI=1S/C14H18N4O2S/c1-7-5-18(6-8(2)20-7)9-3-4-17-14-10(9)11(15)12(21-14)13(16)19/h3-4,7-8H,5-6,15H2,1-2H3,(H2,16,19)/t7-,8+. The van der Waals surface area contributed by atoms with Gasteiger partial charge < -0.3 is 21.1 Å². The number of nitrogen functional groups attached to an aromatic ring is 1. The highest BCUT2D eigenvalue weighted by Gasteiger charge is 2.26. The molecule has 7 heteroatoms. The van der Waals surface area contributed by atoms with E-state index in [4.69, 9.17) is 16.2 Å². The van der Waals surface area contributed by atoms with Gasteiger partial charge in [0.2, 0.25) is 0 Å². The van der Waals surface area contributed by atoms with E-state index in [-0.39, 0.29) is 12.2 Å². The zero-order valence-electron chi connectivity index (χ0n) is 12.0. The smallest absolute Gasteiger partial charge is 0.260 e. The molecule has 0 aromatic carbocycles. The molecule has 2 aromatic heterocycles. The van der Waals surface area contributed by atoms with Gasteiger partial charge in [-0.25, -0.2) is 4.98 Å². The maximum absolute atomic E-state index is 11.5. The molecule has 0 radical (unpaired) electrons. The third-order valence-electron chi connectivity index (χ3n) is 3.59. The van der Waals surface area contributed by atoms with Crippen molar-refractivity contribution in [2.24, 2.45) is 5.73 Å². The summed E-state index contributed by atoms with van der Waals surface area (Å²) in [4.78, 5) is 19.1. The number of carbonyl (C=O) groups excluding carboxylic acids is 1. The molecule has 2 atom stereocenters. The summed E-state index contributed by atoms with van der Waals surface area (Å²) >= 11 is 1.24. The third kappa shape index (κ3) is 2.43. The van der Waals surface area contributed by atoms with Crippen LogP contribution >= 0.6 is 11.3 Å². The van der Waals surface area contributed by atoms with Crippen LogP contribution in [0, 0.1) is 0 Å². The highest BCUT2D eigenvalue weighted by molar-refractivity contribution is 7.21. The number of carbonyl (C=O) groups is 1.